The summed E-state index contributed by atoms with van der Waals surface area (Å²) in [6.45, 7) is 7.60. The normalized spacial score (nSPS) is 14.7. The van der Waals surface area contributed by atoms with E-state index in [1.165, 1.54) is 5.56 Å². The number of aliphatic imine (C=N–C) groups is 1. The number of ether oxygens (including phenoxy) is 1. The van der Waals surface area contributed by atoms with Crippen LogP contribution in [0, 0.1) is 6.92 Å². The molecule has 8 heteroatoms. The first-order valence-corrected chi connectivity index (χ1v) is 10.7. The average Bonchev–Trinajstić information content (AvgIpc) is 2.76. The van der Waals surface area contributed by atoms with E-state index < -0.39 is 0 Å². The van der Waals surface area contributed by atoms with Gasteiger partial charge in [-0.15, -0.1) is 24.0 Å². The Morgan fingerprint density at radius 1 is 1.26 bits per heavy atom. The number of methoxy groups -OCH3 is 1. The van der Waals surface area contributed by atoms with Crippen LogP contribution >= 0.6 is 24.0 Å². The first kappa shape index (κ1) is 25.0. The Morgan fingerprint density at radius 2 is 2.03 bits per heavy atom. The van der Waals surface area contributed by atoms with Gasteiger partial charge in [0.15, 0.2) is 17.5 Å². The predicted octanol–water partition coefficient (Wildman–Crippen LogP) is 3.49. The van der Waals surface area contributed by atoms with Gasteiger partial charge in [-0.3, -0.25) is 4.99 Å². The third-order valence-electron chi connectivity index (χ3n) is 5.31. The molecule has 7 nitrogen and oxygen atoms in total. The van der Waals surface area contributed by atoms with Crippen LogP contribution in [-0.4, -0.2) is 55.4 Å². The topological polar surface area (TPSA) is 82.0 Å². The summed E-state index contributed by atoms with van der Waals surface area (Å²) in [7, 11) is 1.56. The van der Waals surface area contributed by atoms with Crippen LogP contribution in [0.2, 0.25) is 0 Å². The molecule has 0 radical (unpaired) electrons. The molecule has 1 fully saturated rings. The lowest BCUT2D eigenvalue weighted by Gasteiger charge is -2.33. The van der Waals surface area contributed by atoms with Crippen molar-refractivity contribution in [2.24, 2.45) is 4.99 Å². The van der Waals surface area contributed by atoms with E-state index in [0.29, 0.717) is 18.3 Å². The molecule has 1 aliphatic heterocycles. The number of aromatic nitrogens is 1. The molecule has 2 aromatic rings. The summed E-state index contributed by atoms with van der Waals surface area (Å²) in [5.41, 5.74) is 2.27. The van der Waals surface area contributed by atoms with Crippen molar-refractivity contribution in [1.82, 2.24) is 15.6 Å². The lowest BCUT2D eigenvalue weighted by Crippen LogP contribution is -2.49. The Morgan fingerprint density at radius 3 is 2.68 bits per heavy atom. The number of benzene rings is 1. The number of nitrogens with one attached hydrogen (secondary N) is 2. The molecule has 31 heavy (non-hydrogen) atoms. The number of halogens is 1. The van der Waals surface area contributed by atoms with E-state index in [0.717, 1.165) is 56.2 Å². The van der Waals surface area contributed by atoms with Crippen LogP contribution < -0.4 is 20.3 Å². The molecule has 1 aromatic carbocycles. The van der Waals surface area contributed by atoms with Crippen LogP contribution in [0.1, 0.15) is 30.9 Å². The summed E-state index contributed by atoms with van der Waals surface area (Å²) in [5.74, 6) is 2.57. The molecule has 3 rings (SSSR count). The van der Waals surface area contributed by atoms with E-state index in [-0.39, 0.29) is 29.7 Å². The third-order valence-corrected chi connectivity index (χ3v) is 5.31. The maximum atomic E-state index is 9.72. The summed E-state index contributed by atoms with van der Waals surface area (Å²) in [5, 5.41) is 16.7. The Bertz CT molecular complexity index is 836. The molecule has 170 valence electrons. The smallest absolute Gasteiger partial charge is 0.191 e. The second-order valence-corrected chi connectivity index (χ2v) is 7.62. The van der Waals surface area contributed by atoms with Gasteiger partial charge in [0.2, 0.25) is 0 Å². The van der Waals surface area contributed by atoms with Crippen molar-refractivity contribution in [3.05, 3.63) is 47.7 Å². The van der Waals surface area contributed by atoms with Crippen molar-refractivity contribution in [2.45, 2.75) is 39.2 Å². The lowest BCUT2D eigenvalue weighted by atomic mass is 10.1. The largest absolute Gasteiger partial charge is 0.504 e. The van der Waals surface area contributed by atoms with Crippen molar-refractivity contribution in [3.63, 3.8) is 0 Å². The van der Waals surface area contributed by atoms with Gasteiger partial charge in [0, 0.05) is 38.4 Å². The number of phenols is 1. The minimum atomic E-state index is 0. The summed E-state index contributed by atoms with van der Waals surface area (Å²) in [6, 6.07) is 10.1. The number of hydrogen-bond acceptors (Lipinski definition) is 5. The zero-order chi connectivity index (χ0) is 21.3. The van der Waals surface area contributed by atoms with Gasteiger partial charge in [-0.2, -0.15) is 0 Å². The van der Waals surface area contributed by atoms with Gasteiger partial charge in [-0.1, -0.05) is 12.1 Å². The fraction of sp³-hybridized carbons (Fsp3) is 0.478. The number of hydrogen-bond donors (Lipinski definition) is 3. The Hall–Kier alpha value is -2.23. The summed E-state index contributed by atoms with van der Waals surface area (Å²) >= 11 is 0. The zero-order valence-electron chi connectivity index (χ0n) is 18.6. The first-order valence-electron chi connectivity index (χ1n) is 10.7. The highest BCUT2D eigenvalue weighted by molar-refractivity contribution is 14.0. The maximum absolute atomic E-state index is 9.72. The van der Waals surface area contributed by atoms with E-state index >= 15 is 0 Å². The number of pyridine rings is 1. The molecule has 0 atom stereocenters. The molecule has 0 saturated carbocycles. The van der Waals surface area contributed by atoms with E-state index in [2.05, 4.69) is 46.5 Å². The monoisotopic (exact) mass is 539 g/mol. The van der Waals surface area contributed by atoms with E-state index in [1.807, 2.05) is 18.3 Å². The van der Waals surface area contributed by atoms with Gasteiger partial charge in [-0.25, -0.2) is 4.98 Å². The Labute approximate surface area is 202 Å². The van der Waals surface area contributed by atoms with Crippen molar-refractivity contribution < 1.29 is 9.84 Å². The summed E-state index contributed by atoms with van der Waals surface area (Å²) in [6.07, 6.45) is 4.81. The standard InChI is InChI=1S/C23H33N5O2.HI/c1-4-24-23(25-12-9-18-6-7-20(29)21(15-18)30-3)27-19-10-13-28(14-11-19)22-8-5-17(2)16-26-22;/h5-8,15-16,19,29H,4,9-14H2,1-3H3,(H2,24,25,27);1H. The minimum Gasteiger partial charge on any atom is -0.504 e. The molecule has 1 saturated heterocycles. The SMILES string of the molecule is CCNC(=NCCc1ccc(O)c(OC)c1)NC1CCN(c2ccc(C)cn2)CC1.I. The quantitative estimate of drug-likeness (QED) is 0.284. The number of phenolic OH excluding ortho intramolecular Hbond substituents is 1. The second-order valence-electron chi connectivity index (χ2n) is 7.62. The number of nitrogens with zero attached hydrogens (tertiary/aromatic N) is 3. The molecule has 2 heterocycles. The molecule has 0 amide bonds. The van der Waals surface area contributed by atoms with Crippen molar-refractivity contribution in [2.75, 3.05) is 38.2 Å². The van der Waals surface area contributed by atoms with Crippen LogP contribution in [-0.2, 0) is 6.42 Å². The average molecular weight is 539 g/mol. The van der Waals surface area contributed by atoms with Gasteiger partial charge < -0.3 is 25.4 Å². The van der Waals surface area contributed by atoms with Crippen molar-refractivity contribution in [3.8, 4) is 11.5 Å². The van der Waals surface area contributed by atoms with Crippen molar-refractivity contribution >= 4 is 35.8 Å². The molecule has 0 unspecified atom stereocenters. The summed E-state index contributed by atoms with van der Waals surface area (Å²) < 4.78 is 5.18. The molecular formula is C23H34IN5O2. The van der Waals surface area contributed by atoms with Crippen LogP contribution in [0.4, 0.5) is 5.82 Å². The van der Waals surface area contributed by atoms with E-state index in [4.69, 9.17) is 9.73 Å². The van der Waals surface area contributed by atoms with Gasteiger partial charge in [0.25, 0.3) is 0 Å². The van der Waals surface area contributed by atoms with Crippen LogP contribution in [0.3, 0.4) is 0 Å². The van der Waals surface area contributed by atoms with Crippen LogP contribution in [0.15, 0.2) is 41.5 Å². The number of aromatic hydroxyl groups is 1. The molecule has 1 aromatic heterocycles. The van der Waals surface area contributed by atoms with Crippen LogP contribution in [0.25, 0.3) is 0 Å². The van der Waals surface area contributed by atoms with E-state index in [1.54, 1.807) is 13.2 Å². The number of rotatable bonds is 7. The molecule has 0 spiro atoms. The van der Waals surface area contributed by atoms with Gasteiger partial charge in [-0.05, 0) is 62.4 Å². The van der Waals surface area contributed by atoms with E-state index in [9.17, 15) is 5.11 Å². The maximum Gasteiger partial charge on any atom is 0.191 e. The zero-order valence-corrected chi connectivity index (χ0v) is 20.9. The van der Waals surface area contributed by atoms with Gasteiger partial charge >= 0.3 is 0 Å². The fourth-order valence-electron chi connectivity index (χ4n) is 3.59. The molecule has 1 aliphatic rings. The number of anilines is 1. The molecule has 3 N–H and O–H groups in total. The van der Waals surface area contributed by atoms with Crippen LogP contribution in [0.5, 0.6) is 11.5 Å². The van der Waals surface area contributed by atoms with Gasteiger partial charge in [0.1, 0.15) is 5.82 Å². The number of aryl methyl sites for hydroxylation is 1. The molecule has 0 aliphatic carbocycles. The highest BCUT2D eigenvalue weighted by atomic mass is 127. The molecular weight excluding hydrogens is 505 g/mol. The summed E-state index contributed by atoms with van der Waals surface area (Å²) in [4.78, 5) is 11.6. The molecule has 0 bridgehead atoms. The fourth-order valence-corrected chi connectivity index (χ4v) is 3.59. The Kier molecular flexibility index (Phi) is 10.2. The minimum absolute atomic E-state index is 0. The second kappa shape index (κ2) is 12.6. The number of piperidine rings is 1. The third kappa shape index (κ3) is 7.45. The lowest BCUT2D eigenvalue weighted by molar-refractivity contribution is 0.373. The Balaban J connectivity index is 0.00000341. The predicted molar refractivity (Wildman–Crippen MR) is 137 cm³/mol. The highest BCUT2D eigenvalue weighted by Crippen LogP contribution is 2.26. The highest BCUT2D eigenvalue weighted by Gasteiger charge is 2.20. The van der Waals surface area contributed by atoms with Crippen molar-refractivity contribution in [1.29, 1.82) is 0 Å². The first-order chi connectivity index (χ1) is 14.6. The van der Waals surface area contributed by atoms with Gasteiger partial charge in [0.05, 0.1) is 7.11 Å². The number of guanidine groups is 1.